The van der Waals surface area contributed by atoms with Crippen LogP contribution in [0, 0.1) is 109 Å². The van der Waals surface area contributed by atoms with Crippen LogP contribution >= 0.6 is 0 Å². The third kappa shape index (κ3) is 4.21. The molecule has 0 amide bonds. The first-order valence-corrected chi connectivity index (χ1v) is 10.6. The molecule has 0 fully saturated rings. The lowest BCUT2D eigenvalue weighted by Crippen LogP contribution is -2.13. The summed E-state index contributed by atoms with van der Waals surface area (Å²) in [5, 5.41) is 11.9. The van der Waals surface area contributed by atoms with Crippen LogP contribution in [0.4, 0.5) is 80.3 Å². The average molecular weight is 657 g/mol. The molecule has 0 radical (unpaired) electrons. The van der Waals surface area contributed by atoms with Crippen LogP contribution in [0.3, 0.4) is 0 Å². The molecule has 0 atom stereocenters. The third-order valence-corrected chi connectivity index (χ3v) is 5.91. The van der Waals surface area contributed by atoms with Gasteiger partial charge in [-0.15, -0.1) is 0 Å². The van der Waals surface area contributed by atoms with E-state index >= 15 is 8.78 Å². The normalized spacial score (nSPS) is 11.5. The molecule has 232 valence electrons. The zero-order valence-corrected chi connectivity index (χ0v) is 19.7. The van der Waals surface area contributed by atoms with Gasteiger partial charge in [0.15, 0.2) is 69.8 Å². The van der Waals surface area contributed by atoms with E-state index in [0.29, 0.717) is 0 Å². The summed E-state index contributed by atoms with van der Waals surface area (Å²) in [5.74, 6) is -53.7. The highest BCUT2D eigenvalue weighted by Gasteiger charge is 2.43. The van der Waals surface area contributed by atoms with Gasteiger partial charge in [-0.25, -0.2) is 74.6 Å². The highest BCUT2D eigenvalue weighted by atomic mass is 19.2. The fourth-order valence-corrected chi connectivity index (χ4v) is 4.01. The van der Waals surface area contributed by atoms with Crippen LogP contribution in [0.2, 0.25) is 0 Å². The number of hydrogen-bond donors (Lipinski definition) is 0. The number of nitro benzene ring substituents is 1. The molecule has 0 spiro atoms. The average Bonchev–Trinajstić information content (AvgIpc) is 2.98. The lowest BCUT2D eigenvalue weighted by Gasteiger charge is -2.19. The zero-order chi connectivity index (χ0) is 33.4. The predicted molar refractivity (Wildman–Crippen MR) is 109 cm³/mol. The SMILES string of the molecule is O=[N+]([O-])c1c(-c2c(F)c(F)c(F)c(F)c2F)c(F)c(-c2c(F)c(F)c(F)c(F)c2F)c(F)c1-c1c(F)c(F)c(F)c(F)c1F. The molecule has 44 heavy (non-hydrogen) atoms. The molecule has 0 aliphatic rings. The first-order chi connectivity index (χ1) is 20.3. The molecule has 0 heterocycles. The molecule has 0 saturated carbocycles. The topological polar surface area (TPSA) is 43.1 Å². The summed E-state index contributed by atoms with van der Waals surface area (Å²) < 4.78 is 244. The zero-order valence-electron chi connectivity index (χ0n) is 19.7. The van der Waals surface area contributed by atoms with Crippen LogP contribution in [0.15, 0.2) is 0 Å². The van der Waals surface area contributed by atoms with Crippen molar-refractivity contribution in [3.63, 3.8) is 0 Å². The second kappa shape index (κ2) is 10.7. The number of hydrogen-bond acceptors (Lipinski definition) is 2. The Hall–Kier alpha value is -4.91. The van der Waals surface area contributed by atoms with Gasteiger partial charge in [-0.1, -0.05) is 0 Å². The van der Waals surface area contributed by atoms with E-state index in [2.05, 4.69) is 0 Å². The Labute approximate surface area is 228 Å². The second-order valence-corrected chi connectivity index (χ2v) is 8.19. The molecule has 0 aliphatic carbocycles. The third-order valence-electron chi connectivity index (χ3n) is 5.91. The Bertz CT molecular complexity index is 1790. The number of halogens is 17. The minimum Gasteiger partial charge on any atom is -0.258 e. The lowest BCUT2D eigenvalue weighted by molar-refractivity contribution is -0.383. The van der Waals surface area contributed by atoms with Crippen molar-refractivity contribution in [2.24, 2.45) is 0 Å². The van der Waals surface area contributed by atoms with Crippen LogP contribution in [0.5, 0.6) is 0 Å². The van der Waals surface area contributed by atoms with Gasteiger partial charge in [0.2, 0.25) is 17.5 Å². The number of rotatable bonds is 4. The fourth-order valence-electron chi connectivity index (χ4n) is 4.01. The molecule has 4 aromatic carbocycles. The van der Waals surface area contributed by atoms with E-state index in [9.17, 15) is 76.0 Å². The molecule has 0 bridgehead atoms. The lowest BCUT2D eigenvalue weighted by atomic mass is 9.88. The van der Waals surface area contributed by atoms with Crippen molar-refractivity contribution >= 4 is 5.69 Å². The first-order valence-electron chi connectivity index (χ1n) is 10.6. The smallest absolute Gasteiger partial charge is 0.258 e. The number of nitrogens with zero attached hydrogens (tertiary/aromatic N) is 1. The Morgan fingerprint density at radius 2 is 0.432 bits per heavy atom. The Kier molecular flexibility index (Phi) is 7.76. The van der Waals surface area contributed by atoms with E-state index in [-0.39, 0.29) is 0 Å². The summed E-state index contributed by atoms with van der Waals surface area (Å²) in [4.78, 5) is 9.56. The van der Waals surface area contributed by atoms with Gasteiger partial charge in [0.1, 0.15) is 22.8 Å². The summed E-state index contributed by atoms with van der Waals surface area (Å²) in [6.45, 7) is 0. The molecule has 0 unspecified atom stereocenters. The Morgan fingerprint density at radius 1 is 0.273 bits per heavy atom. The molecule has 20 heteroatoms. The highest BCUT2D eigenvalue weighted by Crippen LogP contribution is 2.51. The van der Waals surface area contributed by atoms with Gasteiger partial charge in [0, 0.05) is 0 Å². The highest BCUT2D eigenvalue weighted by molar-refractivity contribution is 5.93. The van der Waals surface area contributed by atoms with Gasteiger partial charge in [0.25, 0.3) is 5.69 Å². The van der Waals surface area contributed by atoms with Crippen LogP contribution < -0.4 is 0 Å². The van der Waals surface area contributed by atoms with E-state index in [1.807, 2.05) is 0 Å². The first kappa shape index (κ1) is 32.0. The molecular formula is C24F17NO2. The molecule has 3 nitrogen and oxygen atoms in total. The van der Waals surface area contributed by atoms with Crippen molar-refractivity contribution in [2.75, 3.05) is 0 Å². The monoisotopic (exact) mass is 657 g/mol. The Balaban J connectivity index is 2.49. The van der Waals surface area contributed by atoms with Gasteiger partial charge in [-0.05, 0) is 0 Å². The van der Waals surface area contributed by atoms with Crippen molar-refractivity contribution in [2.45, 2.75) is 0 Å². The summed E-state index contributed by atoms with van der Waals surface area (Å²) in [6, 6.07) is 0. The van der Waals surface area contributed by atoms with Gasteiger partial charge < -0.3 is 0 Å². The molecular weight excluding hydrogens is 657 g/mol. The fraction of sp³-hybridized carbons (Fsp3) is 0. The van der Waals surface area contributed by atoms with Crippen molar-refractivity contribution in [1.82, 2.24) is 0 Å². The molecule has 4 aromatic rings. The minimum absolute atomic E-state index is 2.32. The van der Waals surface area contributed by atoms with Gasteiger partial charge in [-0.2, -0.15) is 0 Å². The minimum atomic E-state index is -3.27. The van der Waals surface area contributed by atoms with Crippen LogP contribution in [-0.2, 0) is 0 Å². The standard InChI is InChI=1S/C24F17NO2/c25-7-1(2-9(27)15(33)21(39)16(34)10(2)28)8(26)6(4-13(31)19(37)23(41)20(38)14(4)32)24(42(43)44)5(7)3-11(29)17(35)22(40)18(36)12(3)30. The van der Waals surface area contributed by atoms with Gasteiger partial charge >= 0.3 is 0 Å². The maximum atomic E-state index is 15.8. The van der Waals surface area contributed by atoms with Gasteiger partial charge in [0.05, 0.1) is 27.2 Å². The maximum Gasteiger partial charge on any atom is 0.291 e. The van der Waals surface area contributed by atoms with E-state index in [0.717, 1.165) is 0 Å². The molecule has 4 rings (SSSR count). The van der Waals surface area contributed by atoms with E-state index < -0.39 is 143 Å². The van der Waals surface area contributed by atoms with E-state index in [1.54, 1.807) is 0 Å². The summed E-state index contributed by atoms with van der Waals surface area (Å²) in [5.41, 5.74) is -20.2. The van der Waals surface area contributed by atoms with Crippen LogP contribution in [-0.4, -0.2) is 4.92 Å². The quantitative estimate of drug-likeness (QED) is 0.0724. The predicted octanol–water partition coefficient (Wildman–Crippen LogP) is 8.96. The summed E-state index contributed by atoms with van der Waals surface area (Å²) in [6.07, 6.45) is 0. The van der Waals surface area contributed by atoms with Crippen molar-refractivity contribution in [1.29, 1.82) is 0 Å². The van der Waals surface area contributed by atoms with Crippen LogP contribution in [0.1, 0.15) is 0 Å². The second-order valence-electron chi connectivity index (χ2n) is 8.19. The molecule has 0 saturated heterocycles. The number of nitro groups is 1. The molecule has 0 aromatic heterocycles. The number of benzene rings is 4. The van der Waals surface area contributed by atoms with E-state index in [4.69, 9.17) is 0 Å². The van der Waals surface area contributed by atoms with Crippen molar-refractivity contribution < 1.29 is 79.6 Å². The van der Waals surface area contributed by atoms with Gasteiger partial charge in [-0.3, -0.25) is 10.1 Å². The largest absolute Gasteiger partial charge is 0.291 e. The molecule has 0 aliphatic heterocycles. The summed E-state index contributed by atoms with van der Waals surface area (Å²) in [7, 11) is 0. The molecule has 0 N–H and O–H groups in total. The van der Waals surface area contributed by atoms with E-state index in [1.165, 1.54) is 0 Å². The van der Waals surface area contributed by atoms with Crippen molar-refractivity contribution in [3.8, 4) is 33.4 Å². The maximum absolute atomic E-state index is 15.8. The summed E-state index contributed by atoms with van der Waals surface area (Å²) >= 11 is 0. The Morgan fingerprint density at radius 3 is 0.636 bits per heavy atom. The van der Waals surface area contributed by atoms with Crippen molar-refractivity contribution in [3.05, 3.63) is 109 Å². The van der Waals surface area contributed by atoms with Crippen LogP contribution in [0.25, 0.3) is 33.4 Å².